The molecule has 2 aromatic rings. The van der Waals surface area contributed by atoms with Crippen LogP contribution in [0.1, 0.15) is 46.1 Å². The molecule has 1 saturated heterocycles. The fourth-order valence-corrected chi connectivity index (χ4v) is 4.70. The lowest BCUT2D eigenvalue weighted by molar-refractivity contribution is 0.0968. The predicted octanol–water partition coefficient (Wildman–Crippen LogP) is 5.69. The van der Waals surface area contributed by atoms with Crippen LogP contribution in [0.3, 0.4) is 0 Å². The maximum absolute atomic E-state index is 14.4. The average Bonchev–Trinajstić information content (AvgIpc) is 2.98. The van der Waals surface area contributed by atoms with Crippen molar-refractivity contribution >= 4 is 11.5 Å². The Hall–Kier alpha value is -3.98. The van der Waals surface area contributed by atoms with Crippen molar-refractivity contribution in [3.05, 3.63) is 97.0 Å². The topological polar surface area (TPSA) is 105 Å². The van der Waals surface area contributed by atoms with Crippen LogP contribution in [0.5, 0.6) is 5.75 Å². The summed E-state index contributed by atoms with van der Waals surface area (Å²) in [6.07, 6.45) is 9.31. The van der Waals surface area contributed by atoms with Gasteiger partial charge < -0.3 is 31.7 Å². The van der Waals surface area contributed by atoms with Gasteiger partial charge in [0, 0.05) is 62.8 Å². The Morgan fingerprint density at radius 1 is 1.24 bits per heavy atom. The van der Waals surface area contributed by atoms with Gasteiger partial charge in [-0.1, -0.05) is 39.2 Å². The highest BCUT2D eigenvalue weighted by atomic mass is 19.1. The van der Waals surface area contributed by atoms with Crippen molar-refractivity contribution in [3.63, 3.8) is 0 Å². The van der Waals surface area contributed by atoms with E-state index in [2.05, 4.69) is 33.7 Å². The molecule has 1 unspecified atom stereocenters. The van der Waals surface area contributed by atoms with Gasteiger partial charge in [-0.25, -0.2) is 9.37 Å². The highest BCUT2D eigenvalue weighted by Gasteiger charge is 2.23. The van der Waals surface area contributed by atoms with Crippen LogP contribution in [0.15, 0.2) is 91.4 Å². The van der Waals surface area contributed by atoms with Crippen LogP contribution >= 0.6 is 0 Å². The third-order valence-electron chi connectivity index (χ3n) is 6.86. The molecule has 42 heavy (non-hydrogen) atoms. The molecule has 0 radical (unpaired) electrons. The van der Waals surface area contributed by atoms with Gasteiger partial charge in [-0.15, -0.1) is 0 Å². The van der Waals surface area contributed by atoms with Gasteiger partial charge in [-0.05, 0) is 74.9 Å². The first-order valence-electron chi connectivity index (χ1n) is 14.8. The highest BCUT2D eigenvalue weighted by molar-refractivity contribution is 5.54. The first kappa shape index (κ1) is 34.2. The van der Waals surface area contributed by atoms with E-state index in [1.165, 1.54) is 5.56 Å². The number of nitrogens with two attached hydrogens (primary N) is 2. The number of likely N-dealkylation sites (tertiary alicyclic amines) is 1. The van der Waals surface area contributed by atoms with E-state index in [4.69, 9.17) is 16.2 Å². The highest BCUT2D eigenvalue weighted by Crippen LogP contribution is 2.27. The third kappa shape index (κ3) is 11.1. The number of nitrogen functional groups attached to an aromatic ring is 1. The quantitative estimate of drug-likeness (QED) is 0.200. The average molecular weight is 580 g/mol. The second-order valence-electron chi connectivity index (χ2n) is 10.0. The first-order valence-corrected chi connectivity index (χ1v) is 14.8. The van der Waals surface area contributed by atoms with Gasteiger partial charge in [0.15, 0.2) is 0 Å². The number of nitrogens with zero attached hydrogens (tertiary/aromatic N) is 3. The molecule has 0 aliphatic carbocycles. The number of aromatic nitrogens is 1. The molecule has 230 valence electrons. The van der Waals surface area contributed by atoms with Crippen molar-refractivity contribution in [2.75, 3.05) is 43.4 Å². The SMILES string of the molecule is C=CNCC(CN(/C(NC/C=C\C)=C(/C)N)c1ccc(OC2CCN(Cc3ccnc(N)c3)CC2)cc1)C(=C)F.CC. The Balaban J connectivity index is 0.00000301. The molecule has 0 amide bonds. The van der Waals surface area contributed by atoms with Gasteiger partial charge in [-0.2, -0.15) is 0 Å². The summed E-state index contributed by atoms with van der Waals surface area (Å²) in [5, 5.41) is 6.38. The Morgan fingerprint density at radius 2 is 1.93 bits per heavy atom. The zero-order valence-corrected chi connectivity index (χ0v) is 25.8. The number of nitrogens with one attached hydrogen (secondary N) is 2. The molecular weight excluding hydrogens is 529 g/mol. The van der Waals surface area contributed by atoms with Gasteiger partial charge in [0.1, 0.15) is 23.5 Å². The van der Waals surface area contributed by atoms with Crippen molar-refractivity contribution < 1.29 is 9.13 Å². The Labute approximate surface area is 252 Å². The van der Waals surface area contributed by atoms with Crippen LogP contribution in [0.4, 0.5) is 15.9 Å². The summed E-state index contributed by atoms with van der Waals surface area (Å²) in [5.74, 6) is 1.20. The Bertz CT molecular complexity index is 1150. The molecule has 1 aromatic heterocycles. The molecule has 0 spiro atoms. The summed E-state index contributed by atoms with van der Waals surface area (Å²) in [6.45, 7) is 19.1. The number of hydrogen-bond donors (Lipinski definition) is 4. The largest absolute Gasteiger partial charge is 0.490 e. The third-order valence-corrected chi connectivity index (χ3v) is 6.86. The monoisotopic (exact) mass is 579 g/mol. The van der Waals surface area contributed by atoms with E-state index >= 15 is 0 Å². The number of anilines is 2. The maximum Gasteiger partial charge on any atom is 0.125 e. The van der Waals surface area contributed by atoms with Crippen molar-refractivity contribution in [1.82, 2.24) is 20.5 Å². The second-order valence-corrected chi connectivity index (χ2v) is 10.0. The van der Waals surface area contributed by atoms with Crippen LogP contribution in [0.2, 0.25) is 0 Å². The van der Waals surface area contributed by atoms with Crippen molar-refractivity contribution in [2.24, 2.45) is 11.7 Å². The molecule has 2 heterocycles. The van der Waals surface area contributed by atoms with Crippen molar-refractivity contribution in [1.29, 1.82) is 0 Å². The molecule has 1 fully saturated rings. The number of piperidine rings is 1. The minimum Gasteiger partial charge on any atom is -0.490 e. The van der Waals surface area contributed by atoms with Gasteiger partial charge >= 0.3 is 0 Å². The van der Waals surface area contributed by atoms with Crippen LogP contribution in [-0.4, -0.2) is 48.7 Å². The molecular formula is C33H50FN7O. The zero-order chi connectivity index (χ0) is 30.9. The number of pyridine rings is 1. The van der Waals surface area contributed by atoms with E-state index in [9.17, 15) is 4.39 Å². The summed E-state index contributed by atoms with van der Waals surface area (Å²) < 4.78 is 20.8. The lowest BCUT2D eigenvalue weighted by atomic mass is 10.1. The van der Waals surface area contributed by atoms with Crippen LogP contribution in [-0.2, 0) is 6.54 Å². The summed E-state index contributed by atoms with van der Waals surface area (Å²) >= 11 is 0. The molecule has 1 aliphatic rings. The number of allylic oxidation sites excluding steroid dienone is 2. The van der Waals surface area contributed by atoms with Gasteiger partial charge in [0.2, 0.25) is 0 Å². The van der Waals surface area contributed by atoms with Crippen molar-refractivity contribution in [2.45, 2.75) is 53.2 Å². The molecule has 1 aliphatic heterocycles. The second kappa shape index (κ2) is 18.5. The lowest BCUT2D eigenvalue weighted by Crippen LogP contribution is -2.40. The molecule has 8 nitrogen and oxygen atoms in total. The van der Waals surface area contributed by atoms with E-state index < -0.39 is 11.7 Å². The Kier molecular flexibility index (Phi) is 15.0. The van der Waals surface area contributed by atoms with E-state index in [1.54, 1.807) is 12.4 Å². The summed E-state index contributed by atoms with van der Waals surface area (Å²) in [7, 11) is 0. The normalized spacial score (nSPS) is 15.2. The number of hydrogen-bond acceptors (Lipinski definition) is 8. The summed E-state index contributed by atoms with van der Waals surface area (Å²) in [6, 6.07) is 11.8. The standard InChI is InChI=1S/C31H44FN7O.C2H6/c1-5-7-15-37-31(24(4)33)39(22-26(23(3)32)20-35-6-2)27-8-10-28(11-9-27)40-29-13-17-38(18-14-29)21-25-12-16-36-30(34)19-25;1-2/h5-12,16,19,26,29,35,37H,2-3,13-15,17-18,20-22,33H2,1,4H3,(H2,34,36);1-2H3/b7-5-,31-24-;. The number of benzene rings is 1. The van der Waals surface area contributed by atoms with E-state index in [0.717, 1.165) is 49.7 Å². The Morgan fingerprint density at radius 3 is 2.50 bits per heavy atom. The smallest absolute Gasteiger partial charge is 0.125 e. The van der Waals surface area contributed by atoms with Crippen molar-refractivity contribution in [3.8, 4) is 5.75 Å². The van der Waals surface area contributed by atoms with E-state index in [-0.39, 0.29) is 6.10 Å². The number of ether oxygens (including phenoxy) is 1. The van der Waals surface area contributed by atoms with Gasteiger partial charge in [0.05, 0.1) is 5.83 Å². The fourth-order valence-electron chi connectivity index (χ4n) is 4.70. The van der Waals surface area contributed by atoms with Crippen LogP contribution in [0.25, 0.3) is 0 Å². The minimum absolute atomic E-state index is 0.147. The molecule has 6 N–H and O–H groups in total. The maximum atomic E-state index is 14.4. The first-order chi connectivity index (χ1) is 20.3. The van der Waals surface area contributed by atoms with Crippen LogP contribution in [0, 0.1) is 5.92 Å². The zero-order valence-electron chi connectivity index (χ0n) is 25.8. The van der Waals surface area contributed by atoms with E-state index in [1.807, 2.05) is 81.1 Å². The molecule has 0 saturated carbocycles. The van der Waals surface area contributed by atoms with Gasteiger partial charge in [0.25, 0.3) is 0 Å². The minimum atomic E-state index is -0.472. The summed E-state index contributed by atoms with van der Waals surface area (Å²) in [5.41, 5.74) is 14.8. The molecule has 3 rings (SSSR count). The van der Waals surface area contributed by atoms with Gasteiger partial charge in [-0.3, -0.25) is 4.90 Å². The number of halogens is 1. The van der Waals surface area contributed by atoms with E-state index in [0.29, 0.717) is 31.1 Å². The lowest BCUT2D eigenvalue weighted by Gasteiger charge is -2.33. The predicted molar refractivity (Wildman–Crippen MR) is 174 cm³/mol. The fraction of sp³-hybridized carbons (Fsp3) is 0.424. The molecule has 0 bridgehead atoms. The summed E-state index contributed by atoms with van der Waals surface area (Å²) in [4.78, 5) is 8.48. The van der Waals surface area contributed by atoms with Crippen LogP contribution < -0.4 is 31.7 Å². The molecule has 1 atom stereocenters. The molecule has 9 heteroatoms. The number of rotatable bonds is 15. The molecule has 1 aromatic carbocycles.